The Kier molecular flexibility index (Phi) is 5.40. The highest BCUT2D eigenvalue weighted by atomic mass is 19.3. The van der Waals surface area contributed by atoms with Crippen molar-refractivity contribution in [1.29, 1.82) is 0 Å². The second-order valence-corrected chi connectivity index (χ2v) is 8.69. The van der Waals surface area contributed by atoms with Crippen LogP contribution in [0.1, 0.15) is 45.6 Å². The number of carbonyl (C=O) groups is 1. The zero-order valence-electron chi connectivity index (χ0n) is 16.0. The summed E-state index contributed by atoms with van der Waals surface area (Å²) in [4.78, 5) is 19.7. The standard InChI is InChI=1S/C20H26F2N2O3/c1-19(2)8-15-9-20(3,12-19)13-24(15)17(25)11-26-23-10-14-4-6-16(7-5-14)27-18(21)22/h4-7,10,15,18H,8-9,11-13H2,1-3H3/b23-10+. The second kappa shape index (κ2) is 7.44. The van der Waals surface area contributed by atoms with Crippen LogP contribution in [0.4, 0.5) is 8.78 Å². The van der Waals surface area contributed by atoms with E-state index in [1.54, 1.807) is 12.1 Å². The van der Waals surface area contributed by atoms with E-state index in [-0.39, 0.29) is 35.1 Å². The fourth-order valence-corrected chi connectivity index (χ4v) is 4.76. The first-order valence-electron chi connectivity index (χ1n) is 9.16. The molecule has 27 heavy (non-hydrogen) atoms. The van der Waals surface area contributed by atoms with Crippen molar-refractivity contribution in [2.24, 2.45) is 16.0 Å². The lowest BCUT2D eigenvalue weighted by Gasteiger charge is -2.39. The number of likely N-dealkylation sites (tertiary alicyclic amines) is 1. The Labute approximate surface area is 158 Å². The minimum absolute atomic E-state index is 0.0424. The number of hydrogen-bond donors (Lipinski definition) is 0. The molecule has 1 aliphatic heterocycles. The third-order valence-electron chi connectivity index (χ3n) is 5.30. The molecule has 3 rings (SSSR count). The van der Waals surface area contributed by atoms with Gasteiger partial charge in [-0.1, -0.05) is 25.9 Å². The molecule has 2 unspecified atom stereocenters. The van der Waals surface area contributed by atoms with E-state index in [0.717, 1.165) is 25.8 Å². The van der Waals surface area contributed by atoms with Gasteiger partial charge in [0, 0.05) is 12.6 Å². The Balaban J connectivity index is 1.49. The van der Waals surface area contributed by atoms with E-state index in [1.165, 1.54) is 18.3 Å². The van der Waals surface area contributed by atoms with Gasteiger partial charge in [-0.2, -0.15) is 8.78 Å². The Morgan fingerprint density at radius 1 is 1.30 bits per heavy atom. The molecule has 5 nitrogen and oxygen atoms in total. The van der Waals surface area contributed by atoms with Gasteiger partial charge >= 0.3 is 6.61 Å². The van der Waals surface area contributed by atoms with Crippen molar-refractivity contribution < 1.29 is 23.1 Å². The van der Waals surface area contributed by atoms with Crippen molar-refractivity contribution in [3.05, 3.63) is 29.8 Å². The summed E-state index contributed by atoms with van der Waals surface area (Å²) >= 11 is 0. The average molecular weight is 380 g/mol. The van der Waals surface area contributed by atoms with Crippen molar-refractivity contribution in [3.8, 4) is 5.75 Å². The number of amides is 1. The quantitative estimate of drug-likeness (QED) is 0.552. The van der Waals surface area contributed by atoms with Crippen molar-refractivity contribution >= 4 is 12.1 Å². The molecular weight excluding hydrogens is 354 g/mol. The summed E-state index contributed by atoms with van der Waals surface area (Å²) in [5, 5.41) is 3.81. The maximum absolute atomic E-state index is 12.5. The third-order valence-corrected chi connectivity index (χ3v) is 5.30. The van der Waals surface area contributed by atoms with Crippen LogP contribution in [0.5, 0.6) is 5.75 Å². The van der Waals surface area contributed by atoms with Crippen LogP contribution in [0.25, 0.3) is 0 Å². The van der Waals surface area contributed by atoms with Crippen molar-refractivity contribution in [2.45, 2.75) is 52.7 Å². The van der Waals surface area contributed by atoms with E-state index in [2.05, 4.69) is 30.7 Å². The van der Waals surface area contributed by atoms with E-state index in [4.69, 9.17) is 4.84 Å². The lowest BCUT2D eigenvalue weighted by atomic mass is 9.65. The molecule has 0 spiro atoms. The number of ether oxygens (including phenoxy) is 1. The first kappa shape index (κ1) is 19.6. The number of hydrogen-bond acceptors (Lipinski definition) is 4. The van der Waals surface area contributed by atoms with Gasteiger partial charge in [-0.05, 0) is 59.9 Å². The van der Waals surface area contributed by atoms with E-state index in [0.29, 0.717) is 5.56 Å². The monoisotopic (exact) mass is 380 g/mol. The van der Waals surface area contributed by atoms with Crippen LogP contribution in [-0.2, 0) is 9.63 Å². The highest BCUT2D eigenvalue weighted by Crippen LogP contribution is 2.52. The summed E-state index contributed by atoms with van der Waals surface area (Å²) in [5.41, 5.74) is 1.11. The SMILES string of the molecule is CC1(C)CC2CC(C)(CN2C(=O)CO/N=C/c2ccc(OC(F)F)cc2)C1. The summed E-state index contributed by atoms with van der Waals surface area (Å²) in [6.07, 6.45) is 4.64. The predicted octanol–water partition coefficient (Wildman–Crippen LogP) is 4.07. The van der Waals surface area contributed by atoms with Crippen molar-refractivity contribution in [1.82, 2.24) is 4.90 Å². The zero-order valence-corrected chi connectivity index (χ0v) is 16.0. The minimum Gasteiger partial charge on any atom is -0.435 e. The number of oxime groups is 1. The van der Waals surface area contributed by atoms with Gasteiger partial charge in [0.05, 0.1) is 6.21 Å². The summed E-state index contributed by atoms with van der Waals surface area (Å²) < 4.78 is 28.5. The fourth-order valence-electron chi connectivity index (χ4n) is 4.76. The maximum atomic E-state index is 12.5. The Morgan fingerprint density at radius 3 is 2.67 bits per heavy atom. The molecule has 0 aromatic heterocycles. The first-order chi connectivity index (χ1) is 12.7. The van der Waals surface area contributed by atoms with Gasteiger partial charge in [0.1, 0.15) is 5.75 Å². The van der Waals surface area contributed by atoms with Gasteiger partial charge in [-0.25, -0.2) is 0 Å². The lowest BCUT2D eigenvalue weighted by Crippen LogP contribution is -2.39. The van der Waals surface area contributed by atoms with Crippen LogP contribution < -0.4 is 4.74 Å². The van der Waals surface area contributed by atoms with Crippen LogP contribution in [0.3, 0.4) is 0 Å². The molecule has 1 aliphatic carbocycles. The lowest BCUT2D eigenvalue weighted by molar-refractivity contribution is -0.137. The molecule has 0 N–H and O–H groups in total. The van der Waals surface area contributed by atoms with Gasteiger partial charge in [0.15, 0.2) is 6.61 Å². The molecule has 2 bridgehead atoms. The highest BCUT2D eigenvalue weighted by Gasteiger charge is 2.50. The molecular formula is C20H26F2N2O3. The van der Waals surface area contributed by atoms with E-state index >= 15 is 0 Å². The van der Waals surface area contributed by atoms with Crippen LogP contribution in [0, 0.1) is 10.8 Å². The number of rotatable bonds is 6. The number of fused-ring (bicyclic) bond motifs is 2. The minimum atomic E-state index is -2.85. The number of benzene rings is 1. The van der Waals surface area contributed by atoms with Crippen molar-refractivity contribution in [3.63, 3.8) is 0 Å². The predicted molar refractivity (Wildman–Crippen MR) is 97.9 cm³/mol. The van der Waals surface area contributed by atoms with Crippen molar-refractivity contribution in [2.75, 3.05) is 13.2 Å². The van der Waals surface area contributed by atoms with Gasteiger partial charge < -0.3 is 14.5 Å². The summed E-state index contributed by atoms with van der Waals surface area (Å²) in [6, 6.07) is 6.29. The molecule has 2 fully saturated rings. The Hall–Kier alpha value is -2.18. The van der Waals surface area contributed by atoms with Gasteiger partial charge in [0.25, 0.3) is 5.91 Å². The molecule has 1 aromatic carbocycles. The zero-order chi connectivity index (χ0) is 19.7. The van der Waals surface area contributed by atoms with E-state index in [9.17, 15) is 13.6 Å². The van der Waals surface area contributed by atoms with Crippen LogP contribution in [0.2, 0.25) is 0 Å². The van der Waals surface area contributed by atoms with Gasteiger partial charge in [-0.3, -0.25) is 4.79 Å². The smallest absolute Gasteiger partial charge is 0.387 e. The van der Waals surface area contributed by atoms with Gasteiger partial charge in [-0.15, -0.1) is 0 Å². The number of alkyl halides is 2. The Bertz CT molecular complexity index is 706. The fraction of sp³-hybridized carbons (Fsp3) is 0.600. The molecule has 1 aromatic rings. The third kappa shape index (κ3) is 4.96. The first-order valence-corrected chi connectivity index (χ1v) is 9.16. The summed E-state index contributed by atoms with van der Waals surface area (Å²) in [6.45, 7) is 4.62. The molecule has 0 radical (unpaired) electrons. The topological polar surface area (TPSA) is 51.1 Å². The average Bonchev–Trinajstić information content (AvgIpc) is 2.81. The van der Waals surface area contributed by atoms with Crippen LogP contribution in [0.15, 0.2) is 29.4 Å². The molecule has 1 saturated heterocycles. The summed E-state index contributed by atoms with van der Waals surface area (Å²) in [7, 11) is 0. The number of halogens is 2. The normalized spacial score (nSPS) is 26.6. The molecule has 1 amide bonds. The van der Waals surface area contributed by atoms with Crippen LogP contribution in [-0.4, -0.2) is 42.8 Å². The largest absolute Gasteiger partial charge is 0.435 e. The molecule has 1 heterocycles. The second-order valence-electron chi connectivity index (χ2n) is 8.69. The molecule has 2 atom stereocenters. The van der Waals surface area contributed by atoms with E-state index in [1.807, 2.05) is 4.90 Å². The highest BCUT2D eigenvalue weighted by molar-refractivity contribution is 5.80. The Morgan fingerprint density at radius 2 is 2.00 bits per heavy atom. The van der Waals surface area contributed by atoms with Gasteiger partial charge in [0.2, 0.25) is 0 Å². The number of nitrogens with zero attached hydrogens (tertiary/aromatic N) is 2. The van der Waals surface area contributed by atoms with Crippen LogP contribution >= 0.6 is 0 Å². The molecule has 2 aliphatic rings. The molecule has 7 heteroatoms. The number of carbonyl (C=O) groups excluding carboxylic acids is 1. The summed E-state index contributed by atoms with van der Waals surface area (Å²) in [5.74, 6) is 0.0362. The maximum Gasteiger partial charge on any atom is 0.387 e. The van der Waals surface area contributed by atoms with E-state index < -0.39 is 6.61 Å². The molecule has 1 saturated carbocycles. The molecule has 148 valence electrons.